The van der Waals surface area contributed by atoms with Crippen LogP contribution in [0.5, 0.6) is 5.75 Å². The van der Waals surface area contributed by atoms with Crippen molar-refractivity contribution in [3.05, 3.63) is 53.1 Å². The summed E-state index contributed by atoms with van der Waals surface area (Å²) in [7, 11) is 3.66. The van der Waals surface area contributed by atoms with Gasteiger partial charge >= 0.3 is 0 Å². The van der Waals surface area contributed by atoms with Crippen LogP contribution in [-0.4, -0.2) is 20.7 Å². The smallest absolute Gasteiger partial charge is 0.119 e. The SMILES string of the molecule is COc1ccc(N(C)c2c(Cl)cccc2CCN)cc1. The summed E-state index contributed by atoms with van der Waals surface area (Å²) in [6, 6.07) is 13.8. The van der Waals surface area contributed by atoms with Gasteiger partial charge in [-0.25, -0.2) is 0 Å². The van der Waals surface area contributed by atoms with E-state index in [1.807, 2.05) is 43.4 Å². The third-order valence-corrected chi connectivity index (χ3v) is 3.58. The first-order chi connectivity index (χ1) is 9.67. The molecule has 0 radical (unpaired) electrons. The van der Waals surface area contributed by atoms with E-state index in [9.17, 15) is 0 Å². The summed E-state index contributed by atoms with van der Waals surface area (Å²) < 4.78 is 5.18. The first kappa shape index (κ1) is 14.7. The van der Waals surface area contributed by atoms with E-state index < -0.39 is 0 Å². The van der Waals surface area contributed by atoms with Crippen LogP contribution in [0.2, 0.25) is 5.02 Å². The molecular weight excluding hydrogens is 272 g/mol. The van der Waals surface area contributed by atoms with Gasteiger partial charge in [-0.05, 0) is 48.9 Å². The molecule has 0 heterocycles. The lowest BCUT2D eigenvalue weighted by Gasteiger charge is -2.24. The van der Waals surface area contributed by atoms with Gasteiger partial charge in [0.1, 0.15) is 5.75 Å². The van der Waals surface area contributed by atoms with Crippen LogP contribution in [0.3, 0.4) is 0 Å². The molecule has 2 aromatic rings. The molecule has 0 aliphatic rings. The first-order valence-corrected chi connectivity index (χ1v) is 6.90. The van der Waals surface area contributed by atoms with Crippen LogP contribution in [0.15, 0.2) is 42.5 Å². The van der Waals surface area contributed by atoms with Crippen molar-refractivity contribution in [2.75, 3.05) is 25.6 Å². The lowest BCUT2D eigenvalue weighted by atomic mass is 10.1. The van der Waals surface area contributed by atoms with Gasteiger partial charge in [-0.3, -0.25) is 0 Å². The minimum absolute atomic E-state index is 0.601. The number of benzene rings is 2. The third-order valence-electron chi connectivity index (χ3n) is 3.28. The fourth-order valence-corrected chi connectivity index (χ4v) is 2.55. The van der Waals surface area contributed by atoms with Crippen LogP contribution in [0.25, 0.3) is 0 Å². The number of hydrogen-bond donors (Lipinski definition) is 1. The highest BCUT2D eigenvalue weighted by molar-refractivity contribution is 6.33. The zero-order chi connectivity index (χ0) is 14.5. The van der Waals surface area contributed by atoms with Gasteiger partial charge in [-0.2, -0.15) is 0 Å². The summed E-state index contributed by atoms with van der Waals surface area (Å²) >= 11 is 6.36. The highest BCUT2D eigenvalue weighted by Crippen LogP contribution is 2.34. The van der Waals surface area contributed by atoms with Crippen LogP contribution in [0.1, 0.15) is 5.56 Å². The summed E-state index contributed by atoms with van der Waals surface area (Å²) in [5, 5.41) is 0.731. The van der Waals surface area contributed by atoms with Gasteiger partial charge in [-0.15, -0.1) is 0 Å². The average Bonchev–Trinajstić information content (AvgIpc) is 2.47. The molecule has 0 saturated carbocycles. The van der Waals surface area contributed by atoms with Gasteiger partial charge in [0, 0.05) is 12.7 Å². The second-order valence-corrected chi connectivity index (χ2v) is 4.95. The number of nitrogens with two attached hydrogens (primary N) is 1. The molecule has 0 aliphatic heterocycles. The van der Waals surface area contributed by atoms with Crippen molar-refractivity contribution < 1.29 is 4.74 Å². The highest BCUT2D eigenvalue weighted by atomic mass is 35.5. The zero-order valence-corrected chi connectivity index (χ0v) is 12.5. The molecule has 0 amide bonds. The van der Waals surface area contributed by atoms with Crippen molar-refractivity contribution in [3.8, 4) is 5.75 Å². The lowest BCUT2D eigenvalue weighted by molar-refractivity contribution is 0.415. The van der Waals surface area contributed by atoms with Gasteiger partial charge in [0.05, 0.1) is 17.8 Å². The van der Waals surface area contributed by atoms with Crippen molar-refractivity contribution in [3.63, 3.8) is 0 Å². The molecule has 0 unspecified atom stereocenters. The largest absolute Gasteiger partial charge is 0.497 e. The van der Waals surface area contributed by atoms with Gasteiger partial charge in [0.15, 0.2) is 0 Å². The molecule has 2 aromatic carbocycles. The van der Waals surface area contributed by atoms with Crippen LogP contribution in [-0.2, 0) is 6.42 Å². The monoisotopic (exact) mass is 290 g/mol. The Balaban J connectivity index is 2.38. The number of ether oxygens (including phenoxy) is 1. The van der Waals surface area contributed by atoms with Crippen molar-refractivity contribution in [1.29, 1.82) is 0 Å². The predicted molar refractivity (Wildman–Crippen MR) is 85.3 cm³/mol. The number of methoxy groups -OCH3 is 1. The molecule has 20 heavy (non-hydrogen) atoms. The molecular formula is C16H19ClN2O. The fraction of sp³-hybridized carbons (Fsp3) is 0.250. The minimum Gasteiger partial charge on any atom is -0.497 e. The number of anilines is 2. The zero-order valence-electron chi connectivity index (χ0n) is 11.8. The van der Waals surface area contributed by atoms with Gasteiger partial charge in [-0.1, -0.05) is 23.7 Å². The number of para-hydroxylation sites is 1. The van der Waals surface area contributed by atoms with E-state index in [4.69, 9.17) is 22.1 Å². The average molecular weight is 291 g/mol. The van der Waals surface area contributed by atoms with Crippen LogP contribution < -0.4 is 15.4 Å². The third kappa shape index (κ3) is 3.06. The highest BCUT2D eigenvalue weighted by Gasteiger charge is 2.13. The molecule has 2 rings (SSSR count). The fourth-order valence-electron chi connectivity index (χ4n) is 2.23. The van der Waals surface area contributed by atoms with E-state index in [2.05, 4.69) is 11.0 Å². The van der Waals surface area contributed by atoms with E-state index in [-0.39, 0.29) is 0 Å². The Kier molecular flexibility index (Phi) is 4.88. The summed E-state index contributed by atoms with van der Waals surface area (Å²) in [4.78, 5) is 2.08. The first-order valence-electron chi connectivity index (χ1n) is 6.52. The summed E-state index contributed by atoms with van der Waals surface area (Å²) in [6.07, 6.45) is 0.802. The molecule has 0 fully saturated rings. The second-order valence-electron chi connectivity index (χ2n) is 4.54. The Morgan fingerprint density at radius 1 is 1.15 bits per heavy atom. The van der Waals surface area contributed by atoms with E-state index in [0.717, 1.165) is 34.1 Å². The van der Waals surface area contributed by atoms with Crippen LogP contribution in [0.4, 0.5) is 11.4 Å². The quantitative estimate of drug-likeness (QED) is 0.914. The predicted octanol–water partition coefficient (Wildman–Crippen LogP) is 3.62. The molecule has 106 valence electrons. The molecule has 4 heteroatoms. The topological polar surface area (TPSA) is 38.5 Å². The van der Waals surface area contributed by atoms with Crippen LogP contribution >= 0.6 is 11.6 Å². The van der Waals surface area contributed by atoms with Crippen molar-refractivity contribution >= 4 is 23.0 Å². The maximum Gasteiger partial charge on any atom is 0.119 e. The summed E-state index contributed by atoms with van der Waals surface area (Å²) in [5.41, 5.74) is 8.89. The van der Waals surface area contributed by atoms with Crippen molar-refractivity contribution in [2.24, 2.45) is 5.73 Å². The standard InChI is InChI=1S/C16H19ClN2O/c1-19(13-6-8-14(20-2)9-7-13)16-12(10-11-18)4-3-5-15(16)17/h3-9H,10-11,18H2,1-2H3. The molecule has 0 aromatic heterocycles. The molecule has 0 saturated heterocycles. The Labute approximate surface area is 124 Å². The summed E-state index contributed by atoms with van der Waals surface area (Å²) in [6.45, 7) is 0.601. The molecule has 0 bridgehead atoms. The van der Waals surface area contributed by atoms with Crippen molar-refractivity contribution in [2.45, 2.75) is 6.42 Å². The maximum atomic E-state index is 6.36. The van der Waals surface area contributed by atoms with E-state index >= 15 is 0 Å². The second kappa shape index (κ2) is 6.64. The normalized spacial score (nSPS) is 10.4. The van der Waals surface area contributed by atoms with Crippen molar-refractivity contribution in [1.82, 2.24) is 0 Å². The van der Waals surface area contributed by atoms with Gasteiger partial charge in [0.2, 0.25) is 0 Å². The molecule has 0 spiro atoms. The van der Waals surface area contributed by atoms with Crippen LogP contribution in [0, 0.1) is 0 Å². The molecule has 2 N–H and O–H groups in total. The number of hydrogen-bond acceptors (Lipinski definition) is 3. The summed E-state index contributed by atoms with van der Waals surface area (Å²) in [5.74, 6) is 0.837. The Bertz CT molecular complexity index is 569. The number of halogens is 1. The number of rotatable bonds is 5. The Hall–Kier alpha value is -1.71. The lowest BCUT2D eigenvalue weighted by Crippen LogP contribution is -2.14. The maximum absolute atomic E-state index is 6.36. The van der Waals surface area contributed by atoms with E-state index in [1.165, 1.54) is 0 Å². The molecule has 3 nitrogen and oxygen atoms in total. The Morgan fingerprint density at radius 3 is 2.45 bits per heavy atom. The number of nitrogens with zero attached hydrogens (tertiary/aromatic N) is 1. The Morgan fingerprint density at radius 2 is 1.85 bits per heavy atom. The van der Waals surface area contributed by atoms with E-state index in [0.29, 0.717) is 6.54 Å². The van der Waals surface area contributed by atoms with Gasteiger partial charge in [0.25, 0.3) is 0 Å². The molecule has 0 atom stereocenters. The minimum atomic E-state index is 0.601. The molecule has 0 aliphatic carbocycles. The van der Waals surface area contributed by atoms with E-state index in [1.54, 1.807) is 7.11 Å². The van der Waals surface area contributed by atoms with Gasteiger partial charge < -0.3 is 15.4 Å².